The van der Waals surface area contributed by atoms with E-state index in [0.29, 0.717) is 12.1 Å². The lowest BCUT2D eigenvalue weighted by molar-refractivity contribution is -0.139. The fourth-order valence-electron chi connectivity index (χ4n) is 2.91. The van der Waals surface area contributed by atoms with Crippen LogP contribution in [0.3, 0.4) is 0 Å². The van der Waals surface area contributed by atoms with Gasteiger partial charge >= 0.3 is 11.9 Å². The third kappa shape index (κ3) is 4.59. The van der Waals surface area contributed by atoms with Crippen LogP contribution in [0.25, 0.3) is 0 Å². The van der Waals surface area contributed by atoms with Crippen molar-refractivity contribution in [1.82, 2.24) is 5.43 Å². The van der Waals surface area contributed by atoms with Crippen LogP contribution in [0.4, 0.5) is 0 Å². The predicted octanol–water partition coefficient (Wildman–Crippen LogP) is 1.92. The van der Waals surface area contributed by atoms with Gasteiger partial charge in [0.05, 0.1) is 30.1 Å². The number of hydrazone groups is 1. The molecule has 1 atom stereocenters. The van der Waals surface area contributed by atoms with E-state index in [1.54, 1.807) is 25.1 Å². The van der Waals surface area contributed by atoms with Gasteiger partial charge in [-0.15, -0.1) is 0 Å². The van der Waals surface area contributed by atoms with Gasteiger partial charge in [-0.25, -0.2) is 18.0 Å². The Bertz CT molecular complexity index is 933. The zero-order valence-corrected chi connectivity index (χ0v) is 17.1. The van der Waals surface area contributed by atoms with E-state index in [4.69, 9.17) is 9.47 Å². The third-order valence-electron chi connectivity index (χ3n) is 4.29. The molecule has 1 aromatic carbocycles. The first kappa shape index (κ1) is 21.6. The minimum absolute atomic E-state index is 0.00478. The van der Waals surface area contributed by atoms with E-state index in [1.807, 2.05) is 6.92 Å². The number of rotatable bonds is 7. The molecule has 1 aliphatic rings. The van der Waals surface area contributed by atoms with E-state index < -0.39 is 27.7 Å². The van der Waals surface area contributed by atoms with Crippen molar-refractivity contribution in [2.45, 2.75) is 37.5 Å². The van der Waals surface area contributed by atoms with Crippen LogP contribution in [-0.2, 0) is 28.9 Å². The van der Waals surface area contributed by atoms with Crippen LogP contribution in [0.1, 0.15) is 38.2 Å². The second-order valence-corrected chi connectivity index (χ2v) is 8.36. The number of hydrogen-bond acceptors (Lipinski definition) is 8. The summed E-state index contributed by atoms with van der Waals surface area (Å²) in [6.45, 7) is 3.80. The SMILES string of the molecule is CCCCOC(=O)C1=C(C)NN=C(C(=O)OC)C1c1ccccc1S(C)(=O)=O. The van der Waals surface area contributed by atoms with Crippen molar-refractivity contribution in [2.24, 2.45) is 5.10 Å². The van der Waals surface area contributed by atoms with Crippen molar-refractivity contribution in [3.8, 4) is 0 Å². The Morgan fingerprint density at radius 1 is 1.21 bits per heavy atom. The molecule has 1 aromatic rings. The highest BCUT2D eigenvalue weighted by atomic mass is 32.2. The number of nitrogens with one attached hydrogen (secondary N) is 1. The maximum atomic E-state index is 12.8. The van der Waals surface area contributed by atoms with Crippen LogP contribution in [0.2, 0.25) is 0 Å². The summed E-state index contributed by atoms with van der Waals surface area (Å²) in [5.74, 6) is -2.44. The highest BCUT2D eigenvalue weighted by Crippen LogP contribution is 2.35. The first-order chi connectivity index (χ1) is 13.2. The molecule has 0 saturated heterocycles. The van der Waals surface area contributed by atoms with E-state index in [-0.39, 0.29) is 28.4 Å². The number of sulfone groups is 1. The minimum Gasteiger partial charge on any atom is -0.464 e. The number of carbonyl (C=O) groups excluding carboxylic acids is 2. The molecule has 2 rings (SSSR count). The number of hydrogen-bond donors (Lipinski definition) is 1. The number of carbonyl (C=O) groups is 2. The number of nitrogens with zero attached hydrogens (tertiary/aromatic N) is 1. The van der Waals surface area contributed by atoms with Gasteiger partial charge in [0.2, 0.25) is 0 Å². The van der Waals surface area contributed by atoms with Gasteiger partial charge in [0.15, 0.2) is 15.5 Å². The van der Waals surface area contributed by atoms with E-state index >= 15 is 0 Å². The zero-order chi connectivity index (χ0) is 20.9. The molecule has 0 spiro atoms. The summed E-state index contributed by atoms with van der Waals surface area (Å²) in [7, 11) is -2.44. The molecule has 0 fully saturated rings. The zero-order valence-electron chi connectivity index (χ0n) is 16.3. The molecular weight excluding hydrogens is 384 g/mol. The summed E-state index contributed by atoms with van der Waals surface area (Å²) in [4.78, 5) is 25.1. The van der Waals surface area contributed by atoms with Crippen molar-refractivity contribution in [1.29, 1.82) is 0 Å². The highest BCUT2D eigenvalue weighted by molar-refractivity contribution is 7.90. The van der Waals surface area contributed by atoms with Crippen molar-refractivity contribution in [3.63, 3.8) is 0 Å². The lowest BCUT2D eigenvalue weighted by Crippen LogP contribution is -2.36. The van der Waals surface area contributed by atoms with Gasteiger partial charge < -0.3 is 9.47 Å². The fourth-order valence-corrected chi connectivity index (χ4v) is 3.85. The molecule has 8 nitrogen and oxygen atoms in total. The predicted molar refractivity (Wildman–Crippen MR) is 103 cm³/mol. The van der Waals surface area contributed by atoms with E-state index in [2.05, 4.69) is 10.5 Å². The Morgan fingerprint density at radius 3 is 2.50 bits per heavy atom. The number of allylic oxidation sites excluding steroid dienone is 1. The molecule has 1 N–H and O–H groups in total. The van der Waals surface area contributed by atoms with Crippen molar-refractivity contribution in [2.75, 3.05) is 20.0 Å². The lowest BCUT2D eigenvalue weighted by Gasteiger charge is -2.27. The topological polar surface area (TPSA) is 111 Å². The molecule has 152 valence electrons. The van der Waals surface area contributed by atoms with Gasteiger partial charge in [-0.05, 0) is 25.0 Å². The second-order valence-electron chi connectivity index (χ2n) is 6.37. The van der Waals surface area contributed by atoms with Crippen molar-refractivity contribution in [3.05, 3.63) is 41.1 Å². The summed E-state index contributed by atoms with van der Waals surface area (Å²) >= 11 is 0. The van der Waals surface area contributed by atoms with Crippen LogP contribution in [-0.4, -0.2) is 46.0 Å². The molecule has 0 bridgehead atoms. The van der Waals surface area contributed by atoms with Crippen LogP contribution >= 0.6 is 0 Å². The molecule has 9 heteroatoms. The molecule has 0 aromatic heterocycles. The first-order valence-electron chi connectivity index (χ1n) is 8.81. The van der Waals surface area contributed by atoms with E-state index in [0.717, 1.165) is 12.7 Å². The summed E-state index contributed by atoms with van der Waals surface area (Å²) in [5, 5.41) is 4.02. The molecule has 0 amide bonds. The van der Waals surface area contributed by atoms with Gasteiger partial charge in [-0.1, -0.05) is 31.5 Å². The highest BCUT2D eigenvalue weighted by Gasteiger charge is 2.39. The van der Waals surface area contributed by atoms with Crippen LogP contribution in [0.5, 0.6) is 0 Å². The van der Waals surface area contributed by atoms with Gasteiger partial charge in [-0.2, -0.15) is 5.10 Å². The average molecular weight is 408 g/mol. The molecule has 1 aliphatic heterocycles. The average Bonchev–Trinajstić information content (AvgIpc) is 2.66. The van der Waals surface area contributed by atoms with Gasteiger partial charge in [0, 0.05) is 12.0 Å². The summed E-state index contributed by atoms with van der Waals surface area (Å²) in [6, 6.07) is 6.19. The fraction of sp³-hybridized carbons (Fsp3) is 0.421. The van der Waals surface area contributed by atoms with Crippen LogP contribution < -0.4 is 5.43 Å². The third-order valence-corrected chi connectivity index (χ3v) is 5.46. The van der Waals surface area contributed by atoms with Crippen LogP contribution in [0, 0.1) is 0 Å². The van der Waals surface area contributed by atoms with Crippen molar-refractivity contribution < 1.29 is 27.5 Å². The van der Waals surface area contributed by atoms with Gasteiger partial charge in [0.1, 0.15) is 0 Å². The number of unbranched alkanes of at least 4 members (excludes halogenated alkanes) is 1. The number of esters is 2. The molecule has 0 radical (unpaired) electrons. The van der Waals surface area contributed by atoms with E-state index in [1.165, 1.54) is 13.2 Å². The molecule has 1 unspecified atom stereocenters. The van der Waals surface area contributed by atoms with Crippen LogP contribution in [0.15, 0.2) is 45.5 Å². The Kier molecular flexibility index (Phi) is 6.95. The minimum atomic E-state index is -3.63. The smallest absolute Gasteiger partial charge is 0.355 e. The largest absolute Gasteiger partial charge is 0.464 e. The molecule has 28 heavy (non-hydrogen) atoms. The molecular formula is C19H24N2O6S. The Morgan fingerprint density at radius 2 is 1.89 bits per heavy atom. The standard InChI is InChI=1S/C19H24N2O6S/c1-5-6-11-27-18(22)15-12(2)20-21-17(19(23)26-3)16(15)13-9-7-8-10-14(13)28(4,24)25/h7-10,16,20H,5-6,11H2,1-4H3. The summed E-state index contributed by atoms with van der Waals surface area (Å²) in [5.41, 5.74) is 3.29. The summed E-state index contributed by atoms with van der Waals surface area (Å²) < 4.78 is 34.7. The monoisotopic (exact) mass is 408 g/mol. The lowest BCUT2D eigenvalue weighted by atomic mass is 9.84. The first-order valence-corrected chi connectivity index (χ1v) is 10.7. The maximum absolute atomic E-state index is 12.8. The van der Waals surface area contributed by atoms with Gasteiger partial charge in [-0.3, -0.25) is 5.43 Å². The number of benzene rings is 1. The maximum Gasteiger partial charge on any atom is 0.355 e. The number of methoxy groups -OCH3 is 1. The van der Waals surface area contributed by atoms with Gasteiger partial charge in [0.25, 0.3) is 0 Å². The van der Waals surface area contributed by atoms with Crippen molar-refractivity contribution >= 4 is 27.5 Å². The summed E-state index contributed by atoms with van der Waals surface area (Å²) in [6.07, 6.45) is 2.60. The normalized spacial score (nSPS) is 16.9. The number of ether oxygens (including phenoxy) is 2. The molecule has 0 aliphatic carbocycles. The second kappa shape index (κ2) is 9.01. The molecule has 0 saturated carbocycles. The quantitative estimate of drug-likeness (QED) is 0.542. The Hall–Kier alpha value is -2.68. The molecule has 1 heterocycles. The Labute approximate surface area is 164 Å². The van der Waals surface area contributed by atoms with E-state index in [9.17, 15) is 18.0 Å². The Balaban J connectivity index is 2.64.